The van der Waals surface area contributed by atoms with Gasteiger partial charge in [0.05, 0.1) is 5.52 Å². The van der Waals surface area contributed by atoms with Crippen LogP contribution < -0.4 is 10.5 Å². The highest BCUT2D eigenvalue weighted by molar-refractivity contribution is 6.16. The van der Waals surface area contributed by atoms with Gasteiger partial charge in [-0.05, 0) is 18.2 Å². The van der Waals surface area contributed by atoms with E-state index in [-0.39, 0.29) is 12.2 Å². The van der Waals surface area contributed by atoms with Gasteiger partial charge >= 0.3 is 0 Å². The number of nitrogens with two attached hydrogens (primary N) is 1. The summed E-state index contributed by atoms with van der Waals surface area (Å²) in [6.45, 7) is -0.133. The molecule has 0 unspecified atom stereocenters. The lowest BCUT2D eigenvalue weighted by atomic mass is 10.1. The Morgan fingerprint density at radius 2 is 2.05 bits per heavy atom. The van der Waals surface area contributed by atoms with Gasteiger partial charge in [0, 0.05) is 16.3 Å². The number of fused-ring (bicyclic) bond motifs is 3. The molecule has 3 rings (SSSR count). The number of nitrogens with zero attached hydrogens (tertiary/aromatic N) is 1. The molecule has 3 aromatic rings. The van der Waals surface area contributed by atoms with E-state index in [0.29, 0.717) is 11.3 Å². The molecule has 98 valence electrons. The molecule has 5 heteroatoms. The third-order valence-corrected chi connectivity index (χ3v) is 3.18. The van der Waals surface area contributed by atoms with Crippen LogP contribution in [0.15, 0.2) is 36.4 Å². The predicted octanol–water partition coefficient (Wildman–Crippen LogP) is 2.32. The summed E-state index contributed by atoms with van der Waals surface area (Å²) < 4.78 is 5.27. The zero-order chi connectivity index (χ0) is 14.1. The number of aromatic amines is 1. The third-order valence-electron chi connectivity index (χ3n) is 3.18. The Morgan fingerprint density at radius 1 is 1.25 bits per heavy atom. The van der Waals surface area contributed by atoms with Crippen molar-refractivity contribution in [2.45, 2.75) is 0 Å². The summed E-state index contributed by atoms with van der Waals surface area (Å²) in [6, 6.07) is 13.1. The van der Waals surface area contributed by atoms with E-state index in [1.807, 2.05) is 36.4 Å². The van der Waals surface area contributed by atoms with Gasteiger partial charge in [-0.15, -0.1) is 0 Å². The number of nitriles is 1. The van der Waals surface area contributed by atoms with Crippen LogP contribution in [0.5, 0.6) is 5.75 Å². The second-order valence-electron chi connectivity index (χ2n) is 4.34. The molecule has 1 aromatic heterocycles. The first-order valence-electron chi connectivity index (χ1n) is 6.05. The molecule has 20 heavy (non-hydrogen) atoms. The smallest absolute Gasteiger partial charge is 0.254 e. The molecular formula is C15H11N3O2. The highest BCUT2D eigenvalue weighted by Gasteiger charge is 2.17. The average Bonchev–Trinajstić information content (AvgIpc) is 2.82. The maximum absolute atomic E-state index is 11.7. The van der Waals surface area contributed by atoms with E-state index < -0.39 is 5.91 Å². The molecule has 1 heterocycles. The van der Waals surface area contributed by atoms with Crippen LogP contribution in [0.2, 0.25) is 0 Å². The summed E-state index contributed by atoms with van der Waals surface area (Å²) in [5.41, 5.74) is 7.28. The van der Waals surface area contributed by atoms with Gasteiger partial charge in [-0.2, -0.15) is 5.26 Å². The van der Waals surface area contributed by atoms with Crippen LogP contribution in [-0.2, 0) is 0 Å². The third kappa shape index (κ3) is 1.75. The molecule has 0 aliphatic rings. The fraction of sp³-hybridized carbons (Fsp3) is 0.0667. The summed E-state index contributed by atoms with van der Waals surface area (Å²) in [7, 11) is 0. The van der Waals surface area contributed by atoms with Gasteiger partial charge in [0.15, 0.2) is 6.61 Å². The molecule has 0 aliphatic carbocycles. The first-order valence-corrected chi connectivity index (χ1v) is 6.05. The molecule has 0 bridgehead atoms. The van der Waals surface area contributed by atoms with Crippen molar-refractivity contribution in [1.29, 1.82) is 5.26 Å². The minimum absolute atomic E-state index is 0.133. The Morgan fingerprint density at radius 3 is 2.80 bits per heavy atom. The van der Waals surface area contributed by atoms with Crippen molar-refractivity contribution in [2.75, 3.05) is 6.61 Å². The van der Waals surface area contributed by atoms with Crippen molar-refractivity contribution in [1.82, 2.24) is 4.98 Å². The largest absolute Gasteiger partial charge is 0.478 e. The predicted molar refractivity (Wildman–Crippen MR) is 75.4 cm³/mol. The molecule has 0 saturated heterocycles. The van der Waals surface area contributed by atoms with Crippen LogP contribution in [0.3, 0.4) is 0 Å². The van der Waals surface area contributed by atoms with Gasteiger partial charge in [-0.25, -0.2) is 0 Å². The first kappa shape index (κ1) is 12.1. The van der Waals surface area contributed by atoms with Crippen LogP contribution in [-0.4, -0.2) is 17.5 Å². The monoisotopic (exact) mass is 265 g/mol. The molecule has 1 amide bonds. The molecule has 2 aromatic carbocycles. The van der Waals surface area contributed by atoms with Crippen LogP contribution in [0, 0.1) is 11.3 Å². The first-order chi connectivity index (χ1) is 9.72. The van der Waals surface area contributed by atoms with Crippen molar-refractivity contribution < 1.29 is 9.53 Å². The van der Waals surface area contributed by atoms with Crippen molar-refractivity contribution in [3.05, 3.63) is 42.0 Å². The van der Waals surface area contributed by atoms with E-state index >= 15 is 0 Å². The zero-order valence-corrected chi connectivity index (χ0v) is 10.5. The molecule has 0 fully saturated rings. The summed E-state index contributed by atoms with van der Waals surface area (Å²) in [4.78, 5) is 14.9. The average molecular weight is 265 g/mol. The minimum atomic E-state index is -0.588. The zero-order valence-electron chi connectivity index (χ0n) is 10.5. The van der Waals surface area contributed by atoms with Gasteiger partial charge in [-0.1, -0.05) is 18.2 Å². The lowest BCUT2D eigenvalue weighted by Gasteiger charge is -2.07. The van der Waals surface area contributed by atoms with E-state index in [4.69, 9.17) is 15.7 Å². The summed E-state index contributed by atoms with van der Waals surface area (Å²) >= 11 is 0. The maximum Gasteiger partial charge on any atom is 0.254 e. The minimum Gasteiger partial charge on any atom is -0.478 e. The number of benzene rings is 2. The highest BCUT2D eigenvalue weighted by atomic mass is 16.5. The van der Waals surface area contributed by atoms with E-state index in [0.717, 1.165) is 16.3 Å². The second-order valence-corrected chi connectivity index (χ2v) is 4.34. The number of nitrogens with one attached hydrogen (secondary N) is 1. The van der Waals surface area contributed by atoms with E-state index in [9.17, 15) is 4.79 Å². The Bertz CT molecular complexity index is 859. The molecule has 0 saturated carbocycles. The van der Waals surface area contributed by atoms with Crippen LogP contribution in [0.25, 0.3) is 21.8 Å². The van der Waals surface area contributed by atoms with Crippen molar-refractivity contribution in [3.8, 4) is 11.8 Å². The fourth-order valence-electron chi connectivity index (χ4n) is 2.37. The summed E-state index contributed by atoms with van der Waals surface area (Å²) in [5.74, 6) is -0.270. The van der Waals surface area contributed by atoms with Gasteiger partial charge in [0.2, 0.25) is 0 Å². The standard InChI is InChI=1S/C15H11N3O2/c16-7-8-20-12-6-5-10-9-3-1-2-4-11(9)18-14(10)13(12)15(17)19/h1-6,18H,8H2,(H2,17,19). The van der Waals surface area contributed by atoms with E-state index in [1.54, 1.807) is 6.07 Å². The van der Waals surface area contributed by atoms with Crippen LogP contribution in [0.1, 0.15) is 10.4 Å². The topological polar surface area (TPSA) is 91.9 Å². The van der Waals surface area contributed by atoms with E-state index in [2.05, 4.69) is 4.98 Å². The van der Waals surface area contributed by atoms with Crippen LogP contribution >= 0.6 is 0 Å². The number of carbonyl (C=O) groups is 1. The summed E-state index contributed by atoms with van der Waals surface area (Å²) in [6.07, 6.45) is 0. The van der Waals surface area contributed by atoms with Crippen LogP contribution in [0.4, 0.5) is 0 Å². The number of ether oxygens (including phenoxy) is 1. The summed E-state index contributed by atoms with van der Waals surface area (Å²) in [5, 5.41) is 10.5. The highest BCUT2D eigenvalue weighted by Crippen LogP contribution is 2.32. The number of primary amides is 1. The molecule has 0 aliphatic heterocycles. The molecule has 0 radical (unpaired) electrons. The maximum atomic E-state index is 11.7. The Labute approximate surface area is 114 Å². The van der Waals surface area contributed by atoms with Gasteiger partial charge < -0.3 is 15.5 Å². The van der Waals surface area contributed by atoms with Gasteiger partial charge in [0.1, 0.15) is 17.4 Å². The molecule has 0 atom stereocenters. The number of H-pyrrole nitrogens is 1. The Kier molecular flexibility index (Phi) is 2.77. The lowest BCUT2D eigenvalue weighted by molar-refractivity contribution is 0.0998. The number of hydrogen-bond acceptors (Lipinski definition) is 3. The number of para-hydroxylation sites is 1. The lowest BCUT2D eigenvalue weighted by Crippen LogP contribution is -2.14. The molecule has 0 spiro atoms. The fourth-order valence-corrected chi connectivity index (χ4v) is 2.37. The van der Waals surface area contributed by atoms with Crippen molar-refractivity contribution >= 4 is 27.7 Å². The van der Waals surface area contributed by atoms with Crippen molar-refractivity contribution in [3.63, 3.8) is 0 Å². The number of amides is 1. The molecular weight excluding hydrogens is 254 g/mol. The van der Waals surface area contributed by atoms with E-state index in [1.165, 1.54) is 0 Å². The molecule has 3 N–H and O–H groups in total. The van der Waals surface area contributed by atoms with Gasteiger partial charge in [0.25, 0.3) is 5.91 Å². The number of rotatable bonds is 3. The Balaban J connectivity index is 2.34. The number of hydrogen-bond donors (Lipinski definition) is 2. The van der Waals surface area contributed by atoms with Gasteiger partial charge in [-0.3, -0.25) is 4.79 Å². The SMILES string of the molecule is N#CCOc1ccc2c([nH]c3ccccc32)c1C(N)=O. The molecule has 5 nitrogen and oxygen atoms in total. The Hall–Kier alpha value is -3.00. The number of carbonyl (C=O) groups excluding carboxylic acids is 1. The quantitative estimate of drug-likeness (QED) is 0.761. The van der Waals surface area contributed by atoms with Crippen molar-refractivity contribution in [2.24, 2.45) is 5.73 Å². The normalized spacial score (nSPS) is 10.6. The second kappa shape index (κ2) is 4.59. The number of aromatic nitrogens is 1.